The fourth-order valence-corrected chi connectivity index (χ4v) is 1.95. The van der Waals surface area contributed by atoms with E-state index in [0.717, 1.165) is 38.5 Å². The van der Waals surface area contributed by atoms with Crippen LogP contribution in [0.15, 0.2) is 74.1 Å². The maximum absolute atomic E-state index is 4.81. The van der Waals surface area contributed by atoms with Crippen LogP contribution >= 0.6 is 19.1 Å². The van der Waals surface area contributed by atoms with E-state index in [-0.39, 0.29) is 15.9 Å². The molecule has 5 heteroatoms. The summed E-state index contributed by atoms with van der Waals surface area (Å²) in [4.78, 5) is 8.43. The van der Waals surface area contributed by atoms with Crippen molar-refractivity contribution in [3.8, 4) is 0 Å². The van der Waals surface area contributed by atoms with Gasteiger partial charge in [-0.25, -0.2) is 0 Å². The van der Waals surface area contributed by atoms with Crippen LogP contribution in [-0.4, -0.2) is 9.97 Å². The minimum absolute atomic E-state index is 0.106. The zero-order chi connectivity index (χ0) is 18.6. The molecule has 2 aromatic heterocycles. The predicted molar refractivity (Wildman–Crippen MR) is 106 cm³/mol. The van der Waals surface area contributed by atoms with E-state index in [4.69, 9.17) is 19.1 Å². The first kappa shape index (κ1) is 24.0. The molecule has 0 N–H and O–H groups in total. The number of aromatic nitrogens is 2. The Morgan fingerprint density at radius 3 is 1.48 bits per heavy atom. The molecule has 0 aliphatic heterocycles. The average molecular weight is 472 g/mol. The summed E-state index contributed by atoms with van der Waals surface area (Å²) in [5.74, 6) is 0. The number of halogens is 2. The molecular formula is C20H26Cl2N2Pd. The van der Waals surface area contributed by atoms with Gasteiger partial charge in [0.2, 0.25) is 0 Å². The Balaban J connectivity index is 0.000000399. The molecule has 25 heavy (non-hydrogen) atoms. The number of aryl methyl sites for hydroxylation is 2. The quantitative estimate of drug-likeness (QED) is 0.248. The normalized spacial score (nSPS) is 9.20. The van der Waals surface area contributed by atoms with E-state index in [1.54, 1.807) is 0 Å². The van der Waals surface area contributed by atoms with Crippen molar-refractivity contribution in [3.05, 3.63) is 85.5 Å². The molecule has 140 valence electrons. The molecular weight excluding hydrogens is 446 g/mol. The van der Waals surface area contributed by atoms with Gasteiger partial charge in [0.05, 0.1) is 0 Å². The molecule has 2 rings (SSSR count). The molecule has 0 aliphatic rings. The summed E-state index contributed by atoms with van der Waals surface area (Å²) in [6, 6.07) is 12.0. The summed E-state index contributed by atoms with van der Waals surface area (Å²) in [5, 5.41) is 0. The van der Waals surface area contributed by atoms with Crippen LogP contribution in [0, 0.1) is 0 Å². The monoisotopic (exact) mass is 470 g/mol. The second kappa shape index (κ2) is 19.3. The van der Waals surface area contributed by atoms with Crippen LogP contribution in [0.25, 0.3) is 0 Å². The van der Waals surface area contributed by atoms with E-state index in [1.807, 2.05) is 48.8 Å². The van der Waals surface area contributed by atoms with Crippen LogP contribution in [0.2, 0.25) is 0 Å². The third-order valence-electron chi connectivity index (χ3n) is 3.13. The molecule has 0 amide bonds. The molecule has 0 bridgehead atoms. The number of rotatable bonds is 8. The van der Waals surface area contributed by atoms with Crippen molar-refractivity contribution >= 4 is 19.1 Å². The third-order valence-corrected chi connectivity index (χ3v) is 3.13. The Bertz CT molecular complexity index is 486. The first-order valence-electron chi connectivity index (χ1n) is 8.12. The van der Waals surface area contributed by atoms with Gasteiger partial charge in [-0.1, -0.05) is 24.3 Å². The van der Waals surface area contributed by atoms with E-state index in [1.165, 1.54) is 11.4 Å². The van der Waals surface area contributed by atoms with E-state index in [2.05, 4.69) is 35.3 Å². The SMILES string of the molecule is C=CCCCc1ccccn1.C=CCCCc1ccccn1.[Cl][Pd][Cl]. The van der Waals surface area contributed by atoms with Crippen LogP contribution in [0.4, 0.5) is 0 Å². The molecule has 2 heterocycles. The molecule has 0 aromatic carbocycles. The molecule has 0 atom stereocenters. The van der Waals surface area contributed by atoms with Gasteiger partial charge < -0.3 is 0 Å². The number of unbranched alkanes of at least 4 members (excludes halogenated alkanes) is 2. The van der Waals surface area contributed by atoms with E-state index < -0.39 is 0 Å². The summed E-state index contributed by atoms with van der Waals surface area (Å²) in [6.45, 7) is 7.34. The first-order valence-corrected chi connectivity index (χ1v) is 12.1. The third kappa shape index (κ3) is 16.3. The zero-order valence-electron chi connectivity index (χ0n) is 14.4. The Kier molecular flexibility index (Phi) is 18.6. The Morgan fingerprint density at radius 1 is 0.800 bits per heavy atom. The second-order valence-electron chi connectivity index (χ2n) is 5.05. The fraction of sp³-hybridized carbons (Fsp3) is 0.300. The van der Waals surface area contributed by atoms with Crippen LogP contribution < -0.4 is 0 Å². The van der Waals surface area contributed by atoms with Crippen LogP contribution in [0.5, 0.6) is 0 Å². The van der Waals surface area contributed by atoms with Gasteiger partial charge in [0.25, 0.3) is 0 Å². The molecule has 0 saturated carbocycles. The molecule has 0 saturated heterocycles. The first-order chi connectivity index (χ1) is 12.3. The van der Waals surface area contributed by atoms with Gasteiger partial charge in [0.1, 0.15) is 0 Å². The Hall–Kier alpha value is -0.978. The Morgan fingerprint density at radius 2 is 1.20 bits per heavy atom. The van der Waals surface area contributed by atoms with Crippen molar-refractivity contribution in [1.29, 1.82) is 0 Å². The number of allylic oxidation sites excluding steroid dienone is 2. The number of hydrogen-bond acceptors (Lipinski definition) is 2. The molecule has 2 aromatic rings. The van der Waals surface area contributed by atoms with E-state index >= 15 is 0 Å². The summed E-state index contributed by atoms with van der Waals surface area (Å²) in [7, 11) is 9.63. The molecule has 0 unspecified atom stereocenters. The number of nitrogens with zero attached hydrogens (tertiary/aromatic N) is 2. The summed E-state index contributed by atoms with van der Waals surface area (Å²) in [5.41, 5.74) is 2.35. The summed E-state index contributed by atoms with van der Waals surface area (Å²) < 4.78 is 0. The van der Waals surface area contributed by atoms with Crippen LogP contribution in [-0.2, 0) is 28.8 Å². The van der Waals surface area contributed by atoms with Gasteiger partial charge in [-0.15, -0.1) is 13.2 Å². The Labute approximate surface area is 168 Å². The molecule has 0 fully saturated rings. The van der Waals surface area contributed by atoms with Gasteiger partial charge in [-0.05, 0) is 62.8 Å². The van der Waals surface area contributed by atoms with Crippen molar-refractivity contribution < 1.29 is 15.9 Å². The van der Waals surface area contributed by atoms with Gasteiger partial charge in [-0.2, -0.15) is 0 Å². The van der Waals surface area contributed by atoms with E-state index in [0.29, 0.717) is 0 Å². The van der Waals surface area contributed by atoms with Crippen molar-refractivity contribution in [2.75, 3.05) is 0 Å². The minimum atomic E-state index is -0.106. The van der Waals surface area contributed by atoms with Gasteiger partial charge >= 0.3 is 35.0 Å². The molecule has 0 radical (unpaired) electrons. The maximum atomic E-state index is 4.81. The summed E-state index contributed by atoms with van der Waals surface area (Å²) in [6.07, 6.45) is 14.2. The van der Waals surface area contributed by atoms with Crippen molar-refractivity contribution in [2.24, 2.45) is 0 Å². The van der Waals surface area contributed by atoms with E-state index in [9.17, 15) is 0 Å². The second-order valence-corrected chi connectivity index (χ2v) is 7.41. The summed E-state index contributed by atoms with van der Waals surface area (Å²) >= 11 is -0.106. The average Bonchev–Trinajstić information content (AvgIpc) is 2.65. The molecule has 2 nitrogen and oxygen atoms in total. The zero-order valence-corrected chi connectivity index (χ0v) is 17.5. The number of hydrogen-bond donors (Lipinski definition) is 0. The predicted octanol–water partition coefficient (Wildman–Crippen LogP) is 6.56. The fourth-order valence-electron chi connectivity index (χ4n) is 1.95. The molecule has 0 aliphatic carbocycles. The van der Waals surface area contributed by atoms with Gasteiger partial charge in [0, 0.05) is 23.8 Å². The van der Waals surface area contributed by atoms with Gasteiger partial charge in [-0.3, -0.25) is 9.97 Å². The van der Waals surface area contributed by atoms with Crippen molar-refractivity contribution in [2.45, 2.75) is 38.5 Å². The van der Waals surface area contributed by atoms with Crippen LogP contribution in [0.1, 0.15) is 37.1 Å². The topological polar surface area (TPSA) is 25.8 Å². The van der Waals surface area contributed by atoms with Gasteiger partial charge in [0.15, 0.2) is 0 Å². The van der Waals surface area contributed by atoms with Crippen molar-refractivity contribution in [3.63, 3.8) is 0 Å². The van der Waals surface area contributed by atoms with Crippen molar-refractivity contribution in [1.82, 2.24) is 9.97 Å². The van der Waals surface area contributed by atoms with Crippen LogP contribution in [0.3, 0.4) is 0 Å². The number of pyridine rings is 2. The molecule has 0 spiro atoms. The standard InChI is InChI=1S/2C10H13N.2ClH.Pd/c2*1-2-3-4-7-10-8-5-6-9-11-10;;;/h2*2,5-6,8-9H,1,3-4,7H2;2*1H;/q;;;;+2/p-2.